The van der Waals surface area contributed by atoms with Crippen LogP contribution in [0.5, 0.6) is 5.75 Å². The lowest BCUT2D eigenvalue weighted by Gasteiger charge is -2.13. The predicted molar refractivity (Wildman–Crippen MR) is 107 cm³/mol. The molecule has 0 aliphatic heterocycles. The summed E-state index contributed by atoms with van der Waals surface area (Å²) in [5, 5.41) is 6.39. The average Bonchev–Trinajstić information content (AvgIpc) is 2.69. The number of ether oxygens (including phenoxy) is 2. The molecule has 0 aromatic heterocycles. The summed E-state index contributed by atoms with van der Waals surface area (Å²) in [5.74, 6) is 0.838. The van der Waals surface area contributed by atoms with Crippen molar-refractivity contribution in [2.75, 3.05) is 20.3 Å². The molecule has 0 atom stereocenters. The standard InChI is InChI=1S/C21H26F3N3O2/c1-3-25-20(27-13-17-5-4-6-18(11-17)14-28-2)26-12-16-7-9-19(10-8-16)29-15-21(22,23)24/h4-11H,3,12-15H2,1-2H3,(H2,25,26,27). The summed E-state index contributed by atoms with van der Waals surface area (Å²) in [7, 11) is 1.66. The zero-order chi connectivity index (χ0) is 21.1. The van der Waals surface area contributed by atoms with Gasteiger partial charge in [0.25, 0.3) is 0 Å². The molecule has 5 nitrogen and oxygen atoms in total. The van der Waals surface area contributed by atoms with Crippen LogP contribution in [0.25, 0.3) is 0 Å². The summed E-state index contributed by atoms with van der Waals surface area (Å²) >= 11 is 0. The Balaban J connectivity index is 1.91. The highest BCUT2D eigenvalue weighted by atomic mass is 19.4. The van der Waals surface area contributed by atoms with Crippen LogP contribution < -0.4 is 15.4 Å². The summed E-state index contributed by atoms with van der Waals surface area (Å²) in [6.45, 7) is 2.93. The molecule has 158 valence electrons. The minimum absolute atomic E-state index is 0.183. The lowest BCUT2D eigenvalue weighted by Crippen LogP contribution is -2.36. The Bertz CT molecular complexity index is 777. The average molecular weight is 409 g/mol. The molecule has 0 aliphatic carbocycles. The Hall–Kier alpha value is -2.74. The quantitative estimate of drug-likeness (QED) is 0.485. The van der Waals surface area contributed by atoms with Gasteiger partial charge in [0.15, 0.2) is 12.6 Å². The highest BCUT2D eigenvalue weighted by Crippen LogP contribution is 2.18. The largest absolute Gasteiger partial charge is 0.484 e. The number of nitrogens with one attached hydrogen (secondary N) is 2. The van der Waals surface area contributed by atoms with Crippen molar-refractivity contribution in [2.24, 2.45) is 4.99 Å². The molecule has 0 saturated heterocycles. The van der Waals surface area contributed by atoms with E-state index < -0.39 is 12.8 Å². The Kier molecular flexibility index (Phi) is 8.79. The predicted octanol–water partition coefficient (Wildman–Crippen LogP) is 4.03. The number of rotatable bonds is 9. The Morgan fingerprint density at radius 1 is 1.00 bits per heavy atom. The Labute approximate surface area is 168 Å². The van der Waals surface area contributed by atoms with E-state index >= 15 is 0 Å². The number of nitrogens with zero attached hydrogens (tertiary/aromatic N) is 1. The van der Waals surface area contributed by atoms with E-state index in [9.17, 15) is 13.2 Å². The SMILES string of the molecule is CCNC(=NCc1cccc(COC)c1)NCc1ccc(OCC(F)(F)F)cc1. The molecule has 0 bridgehead atoms. The first-order valence-electron chi connectivity index (χ1n) is 9.27. The zero-order valence-electron chi connectivity index (χ0n) is 16.6. The monoisotopic (exact) mass is 409 g/mol. The van der Waals surface area contributed by atoms with E-state index in [-0.39, 0.29) is 5.75 Å². The van der Waals surface area contributed by atoms with Gasteiger partial charge in [0, 0.05) is 20.2 Å². The van der Waals surface area contributed by atoms with E-state index in [1.165, 1.54) is 12.1 Å². The van der Waals surface area contributed by atoms with Crippen LogP contribution in [-0.4, -0.2) is 32.4 Å². The molecule has 0 aliphatic rings. The fraction of sp³-hybridized carbons (Fsp3) is 0.381. The maximum atomic E-state index is 12.2. The smallest absolute Gasteiger partial charge is 0.422 e. The molecule has 29 heavy (non-hydrogen) atoms. The summed E-state index contributed by atoms with van der Waals surface area (Å²) in [6.07, 6.45) is -4.35. The molecule has 8 heteroatoms. The summed E-state index contributed by atoms with van der Waals surface area (Å²) in [6, 6.07) is 14.5. The van der Waals surface area contributed by atoms with E-state index in [2.05, 4.69) is 21.7 Å². The van der Waals surface area contributed by atoms with Crippen molar-refractivity contribution in [3.05, 3.63) is 65.2 Å². The van der Waals surface area contributed by atoms with Gasteiger partial charge in [-0.15, -0.1) is 0 Å². The minimum Gasteiger partial charge on any atom is -0.484 e. The van der Waals surface area contributed by atoms with Gasteiger partial charge in [0.2, 0.25) is 0 Å². The highest BCUT2D eigenvalue weighted by molar-refractivity contribution is 5.79. The lowest BCUT2D eigenvalue weighted by atomic mass is 10.1. The molecule has 2 N–H and O–H groups in total. The molecular weight excluding hydrogens is 383 g/mol. The molecule has 2 rings (SSSR count). The molecule has 0 saturated carbocycles. The van der Waals surface area contributed by atoms with Crippen molar-refractivity contribution in [1.29, 1.82) is 0 Å². The molecular formula is C21H26F3N3O2. The highest BCUT2D eigenvalue weighted by Gasteiger charge is 2.28. The molecule has 2 aromatic rings. The number of guanidine groups is 1. The van der Waals surface area contributed by atoms with Crippen LogP contribution in [0, 0.1) is 0 Å². The van der Waals surface area contributed by atoms with Crippen molar-refractivity contribution >= 4 is 5.96 Å². The van der Waals surface area contributed by atoms with Gasteiger partial charge in [-0.2, -0.15) is 13.2 Å². The van der Waals surface area contributed by atoms with Gasteiger partial charge >= 0.3 is 6.18 Å². The minimum atomic E-state index is -4.35. The Morgan fingerprint density at radius 2 is 1.72 bits per heavy atom. The van der Waals surface area contributed by atoms with E-state index in [1.807, 2.05) is 25.1 Å². The van der Waals surface area contributed by atoms with Crippen molar-refractivity contribution < 1.29 is 22.6 Å². The van der Waals surface area contributed by atoms with Gasteiger partial charge in [-0.25, -0.2) is 4.99 Å². The third-order valence-electron chi connectivity index (χ3n) is 3.85. The summed E-state index contributed by atoms with van der Waals surface area (Å²) in [5.41, 5.74) is 3.06. The number of benzene rings is 2. The first-order valence-corrected chi connectivity index (χ1v) is 9.27. The number of alkyl halides is 3. The second-order valence-electron chi connectivity index (χ2n) is 6.35. The molecule has 0 spiro atoms. The van der Waals surface area contributed by atoms with Crippen LogP contribution in [0.2, 0.25) is 0 Å². The first kappa shape index (κ1) is 22.5. The number of methoxy groups -OCH3 is 1. The van der Waals surface area contributed by atoms with Crippen LogP contribution in [-0.2, 0) is 24.4 Å². The van der Waals surface area contributed by atoms with E-state index in [4.69, 9.17) is 9.47 Å². The molecule has 0 radical (unpaired) electrons. The molecule has 2 aromatic carbocycles. The Morgan fingerprint density at radius 3 is 2.38 bits per heavy atom. The fourth-order valence-electron chi connectivity index (χ4n) is 2.55. The lowest BCUT2D eigenvalue weighted by molar-refractivity contribution is -0.153. The van der Waals surface area contributed by atoms with Crippen LogP contribution >= 0.6 is 0 Å². The normalized spacial score (nSPS) is 12.0. The second kappa shape index (κ2) is 11.3. The second-order valence-corrected chi connectivity index (χ2v) is 6.35. The van der Waals surface area contributed by atoms with E-state index in [0.29, 0.717) is 32.2 Å². The van der Waals surface area contributed by atoms with Crippen LogP contribution in [0.15, 0.2) is 53.5 Å². The van der Waals surface area contributed by atoms with E-state index in [1.54, 1.807) is 19.2 Å². The molecule has 0 fully saturated rings. The molecule has 0 heterocycles. The van der Waals surface area contributed by atoms with Gasteiger partial charge in [0.1, 0.15) is 5.75 Å². The van der Waals surface area contributed by atoms with Crippen molar-refractivity contribution in [1.82, 2.24) is 10.6 Å². The van der Waals surface area contributed by atoms with Crippen LogP contribution in [0.4, 0.5) is 13.2 Å². The van der Waals surface area contributed by atoms with Gasteiger partial charge in [-0.05, 0) is 35.7 Å². The summed E-state index contributed by atoms with van der Waals surface area (Å²) in [4.78, 5) is 4.58. The topological polar surface area (TPSA) is 54.9 Å². The first-order chi connectivity index (χ1) is 13.9. The third-order valence-corrected chi connectivity index (χ3v) is 3.85. The number of hydrogen-bond acceptors (Lipinski definition) is 3. The van der Waals surface area contributed by atoms with Crippen molar-refractivity contribution in [2.45, 2.75) is 32.8 Å². The maximum Gasteiger partial charge on any atom is 0.422 e. The summed E-state index contributed by atoms with van der Waals surface area (Å²) < 4.78 is 46.5. The van der Waals surface area contributed by atoms with Gasteiger partial charge < -0.3 is 20.1 Å². The van der Waals surface area contributed by atoms with E-state index in [0.717, 1.165) is 16.7 Å². The van der Waals surface area contributed by atoms with Crippen LogP contribution in [0.3, 0.4) is 0 Å². The molecule has 0 unspecified atom stereocenters. The van der Waals surface area contributed by atoms with Crippen LogP contribution in [0.1, 0.15) is 23.6 Å². The zero-order valence-corrected chi connectivity index (χ0v) is 16.6. The number of hydrogen-bond donors (Lipinski definition) is 2. The van der Waals surface area contributed by atoms with Gasteiger partial charge in [-0.3, -0.25) is 0 Å². The van der Waals surface area contributed by atoms with Gasteiger partial charge in [0.05, 0.1) is 13.2 Å². The fourth-order valence-corrected chi connectivity index (χ4v) is 2.55. The third kappa shape index (κ3) is 8.87. The maximum absolute atomic E-state index is 12.2. The van der Waals surface area contributed by atoms with Gasteiger partial charge in [-0.1, -0.05) is 36.4 Å². The van der Waals surface area contributed by atoms with Crippen molar-refractivity contribution in [3.8, 4) is 5.75 Å². The molecule has 0 amide bonds. The van der Waals surface area contributed by atoms with Crippen molar-refractivity contribution in [3.63, 3.8) is 0 Å². The number of aliphatic imine (C=N–C) groups is 1. The number of halogens is 3.